The molecule has 2 aliphatic carbocycles. The van der Waals surface area contributed by atoms with E-state index in [4.69, 9.17) is 0 Å². The van der Waals surface area contributed by atoms with Crippen molar-refractivity contribution in [3.63, 3.8) is 0 Å². The molecule has 3 aromatic carbocycles. The predicted octanol–water partition coefficient (Wildman–Crippen LogP) is -0.189. The monoisotopic (exact) mass is 458 g/mol. The first-order chi connectivity index (χ1) is 12.7. The molecule has 0 aromatic heterocycles. The van der Waals surface area contributed by atoms with Crippen LogP contribution in [0.2, 0.25) is 0 Å². The molecule has 4 heteroatoms. The summed E-state index contributed by atoms with van der Waals surface area (Å²) in [5.41, 5.74) is 9.07. The molecule has 0 saturated carbocycles. The number of fused-ring (bicyclic) bond motifs is 4. The first-order valence-electron chi connectivity index (χ1n) is 9.17. The van der Waals surface area contributed by atoms with Gasteiger partial charge in [-0.25, -0.2) is 0 Å². The average Bonchev–Trinajstić information content (AvgIpc) is 3.21. The molecule has 0 heterocycles. The molecule has 28 heavy (non-hydrogen) atoms. The molecular formula is C24H21Cl2PTi. The number of halogens is 2. The van der Waals surface area contributed by atoms with Crippen LogP contribution < -0.4 is 28.7 Å². The van der Waals surface area contributed by atoms with Gasteiger partial charge in [0.25, 0.3) is 0 Å². The molecule has 0 N–H and O–H groups in total. The van der Waals surface area contributed by atoms with Gasteiger partial charge in [0.05, 0.1) is 0 Å². The molecule has 5 rings (SSSR count). The number of benzene rings is 3. The number of allylic oxidation sites excluding steroid dienone is 1. The summed E-state index contributed by atoms with van der Waals surface area (Å²) in [6.07, 6.45) is 3.61. The van der Waals surface area contributed by atoms with E-state index in [-0.39, 0.29) is 51.9 Å². The van der Waals surface area contributed by atoms with Gasteiger partial charge in [-0.3, -0.25) is 0 Å². The molecule has 140 valence electrons. The summed E-state index contributed by atoms with van der Waals surface area (Å²) in [6.45, 7) is 4.83. The van der Waals surface area contributed by atoms with Crippen molar-refractivity contribution < 1.29 is 44.0 Å². The zero-order chi connectivity index (χ0) is 17.7. The van der Waals surface area contributed by atoms with E-state index in [0.717, 1.165) is 6.42 Å². The Bertz CT molecular complexity index is 1040. The Morgan fingerprint density at radius 3 is 2.36 bits per heavy atom. The minimum Gasteiger partial charge on any atom is -1.00 e. The van der Waals surface area contributed by atoms with Crippen molar-refractivity contribution in [3.8, 4) is 11.1 Å². The molecule has 0 nitrogen and oxygen atoms in total. The van der Waals surface area contributed by atoms with E-state index in [1.165, 1.54) is 22.3 Å². The zero-order valence-electron chi connectivity index (χ0n) is 15.9. The van der Waals surface area contributed by atoms with Crippen LogP contribution in [0.3, 0.4) is 0 Å². The second-order valence-corrected chi connectivity index (χ2v) is 11.8. The van der Waals surface area contributed by atoms with Gasteiger partial charge >= 0.3 is 166 Å². The van der Waals surface area contributed by atoms with E-state index in [1.54, 1.807) is 20.3 Å². The predicted molar refractivity (Wildman–Crippen MR) is 110 cm³/mol. The zero-order valence-corrected chi connectivity index (χ0v) is 19.9. The third-order valence-corrected chi connectivity index (χ3v) is 10.0. The summed E-state index contributed by atoms with van der Waals surface area (Å²) < 4.78 is 2.32. The molecule has 0 radical (unpaired) electrons. The SMILES string of the molecule is CP(C)C1=Cc2ccccc2[CH]1[Ti+2][c]1cccc2c1Cc1ccccc1-2.[Cl-].[Cl-]. The minimum atomic E-state index is -0.268. The third-order valence-electron chi connectivity index (χ3n) is 5.57. The second-order valence-electron chi connectivity index (χ2n) is 7.34. The molecule has 0 amide bonds. The molecule has 1 unspecified atom stereocenters. The van der Waals surface area contributed by atoms with Crippen molar-refractivity contribution in [1.29, 1.82) is 0 Å². The summed E-state index contributed by atoms with van der Waals surface area (Å²) in [4.78, 5) is 0. The van der Waals surface area contributed by atoms with Crippen LogP contribution in [0.4, 0.5) is 0 Å². The molecule has 3 aromatic rings. The third kappa shape index (κ3) is 3.67. The standard InChI is InChI=1S/C13H9.C11H12P.2ClH.Ti/c1-3-7-12-10(5-1)9-11-6-2-4-8-13(11)12;1-12(2)11-7-9-5-3-4-6-10(9)8-11;;;/h1-5,7-8H,9H2;3-8H,1-2H3;2*1H;/q;;;;+2/p-2. The normalized spacial score (nSPS) is 15.5. The molecule has 0 bridgehead atoms. The smallest absolute Gasteiger partial charge is 1.00 e. The fourth-order valence-electron chi connectivity index (χ4n) is 4.29. The van der Waals surface area contributed by atoms with Gasteiger partial charge in [0.15, 0.2) is 0 Å². The van der Waals surface area contributed by atoms with Crippen molar-refractivity contribution in [2.45, 2.75) is 10.6 Å². The fraction of sp³-hybridized carbons (Fsp3) is 0.167. The van der Waals surface area contributed by atoms with Gasteiger partial charge in [-0.05, 0) is 0 Å². The topological polar surface area (TPSA) is 0 Å². The van der Waals surface area contributed by atoms with Crippen molar-refractivity contribution >= 4 is 17.9 Å². The van der Waals surface area contributed by atoms with Gasteiger partial charge in [-0.15, -0.1) is 0 Å². The quantitative estimate of drug-likeness (QED) is 0.295. The van der Waals surface area contributed by atoms with Crippen LogP contribution in [0.5, 0.6) is 0 Å². The molecule has 2 aliphatic rings. The Labute approximate surface area is 190 Å². The maximum atomic E-state index is 2.49. The van der Waals surface area contributed by atoms with Crippen molar-refractivity contribution in [2.24, 2.45) is 0 Å². The number of hydrogen-bond donors (Lipinski definition) is 0. The summed E-state index contributed by atoms with van der Waals surface area (Å²) in [7, 11) is -0.0436. The summed E-state index contributed by atoms with van der Waals surface area (Å²) in [6, 6.07) is 25.0. The first kappa shape index (κ1) is 21.8. The largest absolute Gasteiger partial charge is 1.00 e. The fourth-order valence-corrected chi connectivity index (χ4v) is 9.24. The van der Waals surface area contributed by atoms with Gasteiger partial charge in [0.2, 0.25) is 0 Å². The van der Waals surface area contributed by atoms with Gasteiger partial charge in [-0.1, -0.05) is 0 Å². The van der Waals surface area contributed by atoms with E-state index in [0.29, 0.717) is 4.22 Å². The van der Waals surface area contributed by atoms with Crippen LogP contribution in [-0.4, -0.2) is 13.3 Å². The maximum absolute atomic E-state index is 2.49. The van der Waals surface area contributed by atoms with Gasteiger partial charge in [0.1, 0.15) is 0 Å². The Morgan fingerprint density at radius 1 is 0.821 bits per heavy atom. The molecule has 0 saturated heterocycles. The van der Waals surface area contributed by atoms with E-state index >= 15 is 0 Å². The Kier molecular flexibility index (Phi) is 6.91. The molecule has 1 atom stereocenters. The first-order valence-corrected chi connectivity index (χ1v) is 13.1. The van der Waals surface area contributed by atoms with Gasteiger partial charge < -0.3 is 24.8 Å². The van der Waals surface area contributed by atoms with Gasteiger partial charge in [0, 0.05) is 0 Å². The average molecular weight is 459 g/mol. The van der Waals surface area contributed by atoms with E-state index in [9.17, 15) is 0 Å². The van der Waals surface area contributed by atoms with Crippen LogP contribution in [0, 0.1) is 0 Å². The Balaban J connectivity index is 0.00000112. The summed E-state index contributed by atoms with van der Waals surface area (Å²) in [5, 5.41) is 1.70. The van der Waals surface area contributed by atoms with Crippen LogP contribution in [0.15, 0.2) is 72.0 Å². The number of hydrogen-bond acceptors (Lipinski definition) is 0. The molecule has 0 aliphatic heterocycles. The molecule has 0 fully saturated rings. The second kappa shape index (κ2) is 8.87. The molecule has 0 spiro atoms. The maximum Gasteiger partial charge on any atom is -1.00 e. The van der Waals surface area contributed by atoms with Crippen molar-refractivity contribution in [2.75, 3.05) is 13.3 Å². The van der Waals surface area contributed by atoms with Crippen LogP contribution in [0.1, 0.15) is 26.5 Å². The summed E-state index contributed by atoms with van der Waals surface area (Å²) >= 11 is -0.268. The summed E-state index contributed by atoms with van der Waals surface area (Å²) in [5.74, 6) is 0. The van der Waals surface area contributed by atoms with E-state index in [1.807, 2.05) is 0 Å². The van der Waals surface area contributed by atoms with E-state index < -0.39 is 0 Å². The Morgan fingerprint density at radius 2 is 1.54 bits per heavy atom. The number of rotatable bonds is 3. The van der Waals surface area contributed by atoms with Crippen LogP contribution in [0.25, 0.3) is 17.2 Å². The Hall–Kier alpha value is -0.876. The molecular weight excluding hydrogens is 438 g/mol. The van der Waals surface area contributed by atoms with Crippen LogP contribution in [-0.2, 0) is 25.6 Å². The van der Waals surface area contributed by atoms with Gasteiger partial charge in [-0.2, -0.15) is 0 Å². The minimum absolute atomic E-state index is 0. The van der Waals surface area contributed by atoms with Crippen LogP contribution >= 0.6 is 7.92 Å². The van der Waals surface area contributed by atoms with Crippen molar-refractivity contribution in [3.05, 3.63) is 94.3 Å². The van der Waals surface area contributed by atoms with Crippen molar-refractivity contribution in [1.82, 2.24) is 0 Å². The van der Waals surface area contributed by atoms with E-state index in [2.05, 4.69) is 86.1 Å².